The summed E-state index contributed by atoms with van der Waals surface area (Å²) in [4.78, 5) is 22.6. The number of carbonyl (C=O) groups excluding carboxylic acids is 1. The van der Waals surface area contributed by atoms with Crippen LogP contribution in [0.1, 0.15) is 42.0 Å². The van der Waals surface area contributed by atoms with Crippen LogP contribution < -0.4 is 5.32 Å². The van der Waals surface area contributed by atoms with Crippen molar-refractivity contribution in [1.29, 1.82) is 0 Å². The maximum absolute atomic E-state index is 12.0. The number of carboxylic acids is 1. The molecule has 1 rings (SSSR count). The third kappa shape index (κ3) is 4.65. The van der Waals surface area contributed by atoms with Crippen molar-refractivity contribution >= 4 is 11.9 Å². The Morgan fingerprint density at radius 1 is 1.42 bits per heavy atom. The van der Waals surface area contributed by atoms with Crippen molar-refractivity contribution in [1.82, 2.24) is 15.5 Å². The first-order valence-corrected chi connectivity index (χ1v) is 6.27. The van der Waals surface area contributed by atoms with Crippen LogP contribution >= 0.6 is 0 Å². The van der Waals surface area contributed by atoms with Crippen molar-refractivity contribution in [2.45, 2.75) is 33.6 Å². The van der Waals surface area contributed by atoms with E-state index in [1.54, 1.807) is 19.9 Å². The molecule has 0 aliphatic rings. The van der Waals surface area contributed by atoms with Gasteiger partial charge in [0.25, 0.3) is 5.91 Å². The second kappa shape index (κ2) is 6.82. The summed E-state index contributed by atoms with van der Waals surface area (Å²) in [5, 5.41) is 19.3. The molecule has 1 aromatic heterocycles. The van der Waals surface area contributed by atoms with Gasteiger partial charge in [-0.25, -0.2) is 0 Å². The molecule has 1 atom stereocenters. The van der Waals surface area contributed by atoms with Gasteiger partial charge in [0.1, 0.15) is 0 Å². The van der Waals surface area contributed by atoms with Gasteiger partial charge < -0.3 is 10.4 Å². The summed E-state index contributed by atoms with van der Waals surface area (Å²) in [5.74, 6) is -1.20. The molecule has 0 aliphatic carbocycles. The van der Waals surface area contributed by atoms with Crippen molar-refractivity contribution in [3.05, 3.63) is 23.0 Å². The second-order valence-electron chi connectivity index (χ2n) is 4.61. The Morgan fingerprint density at radius 3 is 2.68 bits per heavy atom. The molecule has 6 heteroatoms. The minimum Gasteiger partial charge on any atom is -0.481 e. The Labute approximate surface area is 112 Å². The molecular weight excluding hydrogens is 246 g/mol. The monoisotopic (exact) mass is 265 g/mol. The lowest BCUT2D eigenvalue weighted by Gasteiger charge is -2.12. The molecule has 104 valence electrons. The van der Waals surface area contributed by atoms with Gasteiger partial charge in [-0.3, -0.25) is 9.59 Å². The van der Waals surface area contributed by atoms with E-state index in [1.807, 2.05) is 6.92 Å². The number of nitrogens with one attached hydrogen (secondary N) is 1. The Bertz CT molecular complexity index is 474. The van der Waals surface area contributed by atoms with E-state index >= 15 is 0 Å². The smallest absolute Gasteiger partial charge is 0.303 e. The minimum atomic E-state index is -0.864. The first-order valence-electron chi connectivity index (χ1n) is 6.27. The van der Waals surface area contributed by atoms with E-state index in [2.05, 4.69) is 15.5 Å². The largest absolute Gasteiger partial charge is 0.481 e. The van der Waals surface area contributed by atoms with Crippen LogP contribution in [0.3, 0.4) is 0 Å². The molecule has 2 N–H and O–H groups in total. The van der Waals surface area contributed by atoms with Crippen LogP contribution in [0.5, 0.6) is 0 Å². The molecule has 1 amide bonds. The van der Waals surface area contributed by atoms with Gasteiger partial charge in [-0.1, -0.05) is 13.8 Å². The van der Waals surface area contributed by atoms with Crippen molar-refractivity contribution in [2.24, 2.45) is 5.92 Å². The van der Waals surface area contributed by atoms with Crippen LogP contribution in [-0.4, -0.2) is 33.7 Å². The van der Waals surface area contributed by atoms with E-state index in [0.29, 0.717) is 29.9 Å². The molecule has 1 aromatic rings. The summed E-state index contributed by atoms with van der Waals surface area (Å²) >= 11 is 0. The van der Waals surface area contributed by atoms with E-state index in [0.717, 1.165) is 0 Å². The van der Waals surface area contributed by atoms with Crippen LogP contribution in [0.2, 0.25) is 0 Å². The lowest BCUT2D eigenvalue weighted by Crippen LogP contribution is -2.30. The van der Waals surface area contributed by atoms with E-state index in [4.69, 9.17) is 5.11 Å². The predicted octanol–water partition coefficient (Wildman–Crippen LogP) is 1.19. The number of rotatable bonds is 6. The third-order valence-electron chi connectivity index (χ3n) is 2.71. The van der Waals surface area contributed by atoms with Crippen LogP contribution in [0.25, 0.3) is 0 Å². The second-order valence-corrected chi connectivity index (χ2v) is 4.61. The van der Waals surface area contributed by atoms with Gasteiger partial charge in [0.15, 0.2) is 0 Å². The average Bonchev–Trinajstić information content (AvgIpc) is 2.35. The highest BCUT2D eigenvalue weighted by Crippen LogP contribution is 2.08. The molecule has 0 radical (unpaired) electrons. The van der Waals surface area contributed by atoms with Crippen molar-refractivity contribution in [3.8, 4) is 0 Å². The van der Waals surface area contributed by atoms with E-state index in [9.17, 15) is 9.59 Å². The number of aliphatic carboxylic acids is 1. The lowest BCUT2D eigenvalue weighted by molar-refractivity contribution is -0.137. The number of amides is 1. The fourth-order valence-electron chi connectivity index (χ4n) is 1.70. The molecule has 1 heterocycles. The Kier molecular flexibility index (Phi) is 5.41. The Morgan fingerprint density at radius 2 is 2.11 bits per heavy atom. The average molecular weight is 265 g/mol. The molecule has 0 bridgehead atoms. The fraction of sp³-hybridized carbons (Fsp3) is 0.538. The summed E-state index contributed by atoms with van der Waals surface area (Å²) in [6.45, 7) is 5.79. The van der Waals surface area contributed by atoms with Crippen molar-refractivity contribution in [2.75, 3.05) is 6.54 Å². The summed E-state index contributed by atoms with van der Waals surface area (Å²) in [6, 6.07) is 1.70. The normalized spacial score (nSPS) is 11.9. The quantitative estimate of drug-likeness (QED) is 0.806. The van der Waals surface area contributed by atoms with Gasteiger partial charge in [0, 0.05) is 13.0 Å². The predicted molar refractivity (Wildman–Crippen MR) is 69.9 cm³/mol. The fourth-order valence-corrected chi connectivity index (χ4v) is 1.70. The number of carbonyl (C=O) groups is 2. The zero-order chi connectivity index (χ0) is 14.4. The highest BCUT2D eigenvalue weighted by molar-refractivity contribution is 5.95. The number of carboxylic acid groups (broad SMARTS) is 1. The zero-order valence-electron chi connectivity index (χ0n) is 11.4. The SMILES string of the molecule is CCc1nnc(C)cc1C(=O)NCC(C)CC(=O)O. The maximum Gasteiger partial charge on any atom is 0.303 e. The highest BCUT2D eigenvalue weighted by atomic mass is 16.4. The first kappa shape index (κ1) is 15.1. The maximum atomic E-state index is 12.0. The molecule has 0 aromatic carbocycles. The number of nitrogens with zero attached hydrogens (tertiary/aromatic N) is 2. The minimum absolute atomic E-state index is 0.0362. The molecule has 0 spiro atoms. The van der Waals surface area contributed by atoms with Crippen LogP contribution in [-0.2, 0) is 11.2 Å². The molecule has 0 saturated carbocycles. The first-order chi connectivity index (χ1) is 8.93. The summed E-state index contributed by atoms with van der Waals surface area (Å²) < 4.78 is 0. The zero-order valence-corrected chi connectivity index (χ0v) is 11.4. The lowest BCUT2D eigenvalue weighted by atomic mass is 10.1. The summed E-state index contributed by atoms with van der Waals surface area (Å²) in [6.07, 6.45) is 0.662. The molecule has 0 fully saturated rings. The number of hydrogen-bond acceptors (Lipinski definition) is 4. The van der Waals surface area contributed by atoms with Crippen LogP contribution in [0, 0.1) is 12.8 Å². The summed E-state index contributed by atoms with van der Waals surface area (Å²) in [5.41, 5.74) is 1.84. The Balaban J connectivity index is 2.68. The van der Waals surface area contributed by atoms with Gasteiger partial charge >= 0.3 is 5.97 Å². The Hall–Kier alpha value is -1.98. The van der Waals surface area contributed by atoms with Crippen LogP contribution in [0.4, 0.5) is 0 Å². The van der Waals surface area contributed by atoms with Gasteiger partial charge in [-0.15, -0.1) is 0 Å². The van der Waals surface area contributed by atoms with Gasteiger partial charge in [0.2, 0.25) is 0 Å². The molecular formula is C13H19N3O3. The molecule has 0 saturated heterocycles. The molecule has 1 unspecified atom stereocenters. The van der Waals surface area contributed by atoms with Crippen LogP contribution in [0.15, 0.2) is 6.07 Å². The van der Waals surface area contributed by atoms with Crippen molar-refractivity contribution < 1.29 is 14.7 Å². The standard InChI is InChI=1S/C13H19N3O3/c1-4-11-10(6-9(3)15-16-11)13(19)14-7-8(2)5-12(17)18/h6,8H,4-5,7H2,1-3H3,(H,14,19)(H,17,18). The number of hydrogen-bond donors (Lipinski definition) is 2. The number of aryl methyl sites for hydroxylation is 2. The third-order valence-corrected chi connectivity index (χ3v) is 2.71. The number of aromatic nitrogens is 2. The van der Waals surface area contributed by atoms with E-state index in [-0.39, 0.29) is 18.2 Å². The van der Waals surface area contributed by atoms with E-state index in [1.165, 1.54) is 0 Å². The highest BCUT2D eigenvalue weighted by Gasteiger charge is 2.14. The summed E-state index contributed by atoms with van der Waals surface area (Å²) in [7, 11) is 0. The van der Waals surface area contributed by atoms with Crippen molar-refractivity contribution in [3.63, 3.8) is 0 Å². The molecule has 6 nitrogen and oxygen atoms in total. The van der Waals surface area contributed by atoms with Gasteiger partial charge in [0.05, 0.1) is 17.0 Å². The molecule has 0 aliphatic heterocycles. The van der Waals surface area contributed by atoms with E-state index < -0.39 is 5.97 Å². The van der Waals surface area contributed by atoms with Gasteiger partial charge in [-0.2, -0.15) is 10.2 Å². The molecule has 19 heavy (non-hydrogen) atoms. The van der Waals surface area contributed by atoms with Gasteiger partial charge in [-0.05, 0) is 25.3 Å². The topological polar surface area (TPSA) is 92.2 Å².